The first-order valence-electron chi connectivity index (χ1n) is 6.32. The Morgan fingerprint density at radius 1 is 1.33 bits per heavy atom. The molecular weight excluding hydrogens is 228 g/mol. The minimum atomic E-state index is -1.03. The summed E-state index contributed by atoms with van der Waals surface area (Å²) in [4.78, 5) is 11.6. The molecule has 0 saturated carbocycles. The fraction of sp³-hybridized carbons (Fsp3) is 0.400. The summed E-state index contributed by atoms with van der Waals surface area (Å²) in [7, 11) is 0. The van der Waals surface area contributed by atoms with Crippen molar-refractivity contribution in [3.8, 4) is 0 Å². The highest BCUT2D eigenvalue weighted by molar-refractivity contribution is 5.74. The largest absolute Gasteiger partial charge is 0.459 e. The van der Waals surface area contributed by atoms with Crippen molar-refractivity contribution in [1.82, 2.24) is 0 Å². The lowest BCUT2D eigenvalue weighted by Crippen LogP contribution is -2.23. The van der Waals surface area contributed by atoms with Crippen molar-refractivity contribution in [2.45, 2.75) is 38.4 Å². The van der Waals surface area contributed by atoms with E-state index >= 15 is 0 Å². The van der Waals surface area contributed by atoms with Crippen LogP contribution < -0.4 is 0 Å². The zero-order valence-corrected chi connectivity index (χ0v) is 10.3. The second kappa shape index (κ2) is 6.36. The molecular formula is C15H18O3. The number of allylic oxidation sites excluding steroid dienone is 1. The van der Waals surface area contributed by atoms with Gasteiger partial charge in [0, 0.05) is 6.42 Å². The van der Waals surface area contributed by atoms with Crippen LogP contribution in [0.2, 0.25) is 0 Å². The molecule has 18 heavy (non-hydrogen) atoms. The van der Waals surface area contributed by atoms with Gasteiger partial charge >= 0.3 is 5.97 Å². The molecule has 1 N–H and O–H groups in total. The molecule has 0 spiro atoms. The summed E-state index contributed by atoms with van der Waals surface area (Å²) >= 11 is 0. The summed E-state index contributed by atoms with van der Waals surface area (Å²) in [5.74, 6) is -0.536. The Hall–Kier alpha value is -1.61. The second-order valence-electron chi connectivity index (χ2n) is 4.57. The quantitative estimate of drug-likeness (QED) is 0.641. The lowest BCUT2D eigenvalue weighted by Gasteiger charge is -2.11. The minimum absolute atomic E-state index is 0.218. The molecule has 0 radical (unpaired) electrons. The van der Waals surface area contributed by atoms with E-state index in [0.29, 0.717) is 6.42 Å². The van der Waals surface area contributed by atoms with Crippen molar-refractivity contribution >= 4 is 5.97 Å². The van der Waals surface area contributed by atoms with Gasteiger partial charge in [0.1, 0.15) is 6.61 Å². The van der Waals surface area contributed by atoms with E-state index in [1.807, 2.05) is 30.3 Å². The first-order chi connectivity index (χ1) is 8.75. The number of hydrogen-bond acceptors (Lipinski definition) is 3. The number of rotatable bonds is 5. The van der Waals surface area contributed by atoms with Crippen molar-refractivity contribution < 1.29 is 14.6 Å². The maximum absolute atomic E-state index is 11.6. The molecule has 0 bridgehead atoms. The zero-order valence-electron chi connectivity index (χ0n) is 10.3. The molecule has 0 fully saturated rings. The maximum Gasteiger partial charge on any atom is 0.335 e. The first-order valence-corrected chi connectivity index (χ1v) is 6.32. The zero-order chi connectivity index (χ0) is 12.8. The first kappa shape index (κ1) is 12.8. The van der Waals surface area contributed by atoms with Gasteiger partial charge in [-0.15, -0.1) is 0 Å². The van der Waals surface area contributed by atoms with E-state index in [-0.39, 0.29) is 6.61 Å². The third kappa shape index (κ3) is 3.70. The predicted octanol–water partition coefficient (Wildman–Crippen LogP) is 2.59. The maximum atomic E-state index is 11.6. The number of aliphatic hydroxyl groups excluding tert-OH is 1. The summed E-state index contributed by atoms with van der Waals surface area (Å²) in [6, 6.07) is 9.47. The molecule has 0 unspecified atom stereocenters. The summed E-state index contributed by atoms with van der Waals surface area (Å²) in [6.07, 6.45) is 4.66. The number of benzene rings is 1. The fourth-order valence-electron chi connectivity index (χ4n) is 2.08. The average Bonchev–Trinajstić information content (AvgIpc) is 2.90. The number of hydrogen-bond donors (Lipinski definition) is 1. The van der Waals surface area contributed by atoms with Crippen molar-refractivity contribution in [1.29, 1.82) is 0 Å². The van der Waals surface area contributed by atoms with Gasteiger partial charge < -0.3 is 9.84 Å². The molecule has 2 rings (SSSR count). The van der Waals surface area contributed by atoms with Crippen LogP contribution in [0.25, 0.3) is 0 Å². The number of esters is 1. The van der Waals surface area contributed by atoms with Crippen LogP contribution >= 0.6 is 0 Å². The molecule has 1 aromatic carbocycles. The Morgan fingerprint density at radius 2 is 2.11 bits per heavy atom. The number of carbonyl (C=O) groups excluding carboxylic acids is 1. The van der Waals surface area contributed by atoms with Gasteiger partial charge in [-0.1, -0.05) is 42.0 Å². The molecule has 0 aromatic heterocycles. The highest BCUT2D eigenvalue weighted by Crippen LogP contribution is 2.22. The molecule has 0 saturated heterocycles. The fourth-order valence-corrected chi connectivity index (χ4v) is 2.08. The van der Waals surface area contributed by atoms with Gasteiger partial charge in [0.25, 0.3) is 0 Å². The van der Waals surface area contributed by atoms with Crippen LogP contribution in [0.1, 0.15) is 31.2 Å². The van der Waals surface area contributed by atoms with E-state index < -0.39 is 12.1 Å². The van der Waals surface area contributed by atoms with Crippen LogP contribution in [0.15, 0.2) is 42.0 Å². The predicted molar refractivity (Wildman–Crippen MR) is 68.8 cm³/mol. The van der Waals surface area contributed by atoms with E-state index in [1.54, 1.807) is 0 Å². The second-order valence-corrected chi connectivity index (χ2v) is 4.57. The molecule has 3 heteroatoms. The van der Waals surface area contributed by atoms with Crippen LogP contribution in [0.4, 0.5) is 0 Å². The average molecular weight is 246 g/mol. The standard InChI is InChI=1S/C15H18O3/c16-14(10-12-6-4-5-7-12)15(17)18-11-13-8-2-1-3-9-13/h1-3,6,8-9,14,16H,4-5,7,10-11H2/t14-/m1/s1. The topological polar surface area (TPSA) is 46.5 Å². The Balaban J connectivity index is 1.77. The minimum Gasteiger partial charge on any atom is -0.459 e. The smallest absolute Gasteiger partial charge is 0.335 e. The molecule has 3 nitrogen and oxygen atoms in total. The Kier molecular flexibility index (Phi) is 4.53. The Morgan fingerprint density at radius 3 is 2.78 bits per heavy atom. The number of ether oxygens (including phenoxy) is 1. The third-order valence-corrected chi connectivity index (χ3v) is 3.09. The van der Waals surface area contributed by atoms with Crippen LogP contribution in [-0.4, -0.2) is 17.2 Å². The van der Waals surface area contributed by atoms with Gasteiger partial charge in [-0.2, -0.15) is 0 Å². The molecule has 0 aliphatic heterocycles. The van der Waals surface area contributed by atoms with Crippen LogP contribution in [0, 0.1) is 0 Å². The van der Waals surface area contributed by atoms with Crippen LogP contribution in [0.3, 0.4) is 0 Å². The van der Waals surface area contributed by atoms with Crippen molar-refractivity contribution in [2.75, 3.05) is 0 Å². The van der Waals surface area contributed by atoms with E-state index in [2.05, 4.69) is 6.08 Å². The van der Waals surface area contributed by atoms with Gasteiger partial charge in [-0.05, 0) is 24.8 Å². The van der Waals surface area contributed by atoms with Crippen LogP contribution in [0.5, 0.6) is 0 Å². The summed E-state index contributed by atoms with van der Waals surface area (Å²) < 4.78 is 5.08. The summed E-state index contributed by atoms with van der Waals surface area (Å²) in [6.45, 7) is 0.218. The molecule has 1 aromatic rings. The Bertz CT molecular complexity index is 423. The Labute approximate surface area is 107 Å². The monoisotopic (exact) mass is 246 g/mol. The van der Waals surface area contributed by atoms with Crippen molar-refractivity contribution in [3.63, 3.8) is 0 Å². The van der Waals surface area contributed by atoms with Gasteiger partial charge in [0.2, 0.25) is 0 Å². The van der Waals surface area contributed by atoms with Crippen molar-refractivity contribution in [2.24, 2.45) is 0 Å². The molecule has 96 valence electrons. The third-order valence-electron chi connectivity index (χ3n) is 3.09. The van der Waals surface area contributed by atoms with Gasteiger partial charge in [0.15, 0.2) is 6.10 Å². The highest BCUT2D eigenvalue weighted by atomic mass is 16.5. The van der Waals surface area contributed by atoms with Gasteiger partial charge in [-0.3, -0.25) is 0 Å². The van der Waals surface area contributed by atoms with E-state index in [1.165, 1.54) is 5.57 Å². The molecule has 1 aliphatic rings. The normalized spacial score (nSPS) is 16.2. The van der Waals surface area contributed by atoms with Crippen molar-refractivity contribution in [3.05, 3.63) is 47.5 Å². The number of carbonyl (C=O) groups is 1. The van der Waals surface area contributed by atoms with E-state index in [9.17, 15) is 9.90 Å². The summed E-state index contributed by atoms with van der Waals surface area (Å²) in [5, 5.41) is 9.74. The summed E-state index contributed by atoms with van der Waals surface area (Å²) in [5.41, 5.74) is 2.09. The van der Waals surface area contributed by atoms with E-state index in [0.717, 1.165) is 24.8 Å². The van der Waals surface area contributed by atoms with Gasteiger partial charge in [0.05, 0.1) is 0 Å². The van der Waals surface area contributed by atoms with E-state index in [4.69, 9.17) is 4.74 Å². The molecule has 1 atom stereocenters. The molecule has 0 heterocycles. The molecule has 1 aliphatic carbocycles. The molecule has 0 amide bonds. The number of aliphatic hydroxyl groups is 1. The lowest BCUT2D eigenvalue weighted by atomic mass is 10.1. The SMILES string of the molecule is O=C(OCc1ccccc1)[C@H](O)CC1=CCCC1. The van der Waals surface area contributed by atoms with Gasteiger partial charge in [-0.25, -0.2) is 4.79 Å². The van der Waals surface area contributed by atoms with Crippen LogP contribution in [-0.2, 0) is 16.1 Å². The highest BCUT2D eigenvalue weighted by Gasteiger charge is 2.19. The lowest BCUT2D eigenvalue weighted by molar-refractivity contribution is -0.154.